The van der Waals surface area contributed by atoms with Crippen LogP contribution in [-0.2, 0) is 0 Å². The van der Waals surface area contributed by atoms with Crippen molar-refractivity contribution in [2.75, 3.05) is 0 Å². The van der Waals surface area contributed by atoms with Gasteiger partial charge in [0, 0.05) is 5.92 Å². The van der Waals surface area contributed by atoms with Gasteiger partial charge in [-0.3, -0.25) is 0 Å². The van der Waals surface area contributed by atoms with Crippen LogP contribution < -0.4 is 0 Å². The third kappa shape index (κ3) is 2.41. The maximum Gasteiger partial charge on any atom is 0.278 e. The molecule has 4 nitrogen and oxygen atoms in total. The lowest BCUT2D eigenvalue weighted by Gasteiger charge is -2.31. The zero-order valence-electron chi connectivity index (χ0n) is 6.27. The van der Waals surface area contributed by atoms with Gasteiger partial charge in [-0.15, -0.1) is 0 Å². The minimum Gasteiger partial charge on any atom is -0.393 e. The molecule has 0 radical (unpaired) electrons. The van der Waals surface area contributed by atoms with Crippen molar-refractivity contribution in [1.82, 2.24) is 0 Å². The molecule has 0 aromatic rings. The molecule has 1 aliphatic rings. The maximum absolute atomic E-state index is 9.05. The monoisotopic (exact) mass is 162 g/mol. The Bertz CT molecular complexity index is 121. The predicted molar refractivity (Wildman–Crippen MR) is 37.4 cm³/mol. The quantitative estimate of drug-likeness (QED) is 0.379. The molecule has 1 fully saturated rings. The van der Waals surface area contributed by atoms with Crippen LogP contribution in [0.25, 0.3) is 0 Å². The Morgan fingerprint density at radius 1 is 0.909 bits per heavy atom. The molecule has 1 aliphatic carbocycles. The molecule has 0 aromatic heterocycles. The summed E-state index contributed by atoms with van der Waals surface area (Å²) in [5.74, 6) is -3.06. The summed E-state index contributed by atoms with van der Waals surface area (Å²) in [6, 6.07) is 0. The number of hydrogen-bond donors (Lipinski definition) is 4. The minimum atomic E-state index is -2.56. The topological polar surface area (TPSA) is 80.9 Å². The summed E-state index contributed by atoms with van der Waals surface area (Å²) < 4.78 is 0. The van der Waals surface area contributed by atoms with Gasteiger partial charge in [0.1, 0.15) is 0 Å². The van der Waals surface area contributed by atoms with Gasteiger partial charge >= 0.3 is 0 Å². The van der Waals surface area contributed by atoms with E-state index in [2.05, 4.69) is 0 Å². The highest BCUT2D eigenvalue weighted by Crippen LogP contribution is 2.29. The second kappa shape index (κ2) is 3.06. The van der Waals surface area contributed by atoms with Gasteiger partial charge in [-0.25, -0.2) is 0 Å². The highest BCUT2D eigenvalue weighted by molar-refractivity contribution is 4.75. The summed E-state index contributed by atoms with van der Waals surface area (Å²) in [5, 5.41) is 35.3. The van der Waals surface area contributed by atoms with E-state index < -0.39 is 11.9 Å². The Balaban J connectivity index is 2.39. The van der Waals surface area contributed by atoms with Crippen LogP contribution in [0.15, 0.2) is 0 Å². The van der Waals surface area contributed by atoms with E-state index in [0.717, 1.165) is 0 Å². The molecule has 0 aliphatic heterocycles. The minimum absolute atomic E-state index is 0.339. The Kier molecular flexibility index (Phi) is 2.49. The van der Waals surface area contributed by atoms with Crippen LogP contribution in [0.4, 0.5) is 0 Å². The van der Waals surface area contributed by atoms with E-state index in [4.69, 9.17) is 20.4 Å². The molecule has 0 atom stereocenters. The first kappa shape index (κ1) is 8.93. The Labute approximate surface area is 65.1 Å². The van der Waals surface area contributed by atoms with Gasteiger partial charge in [0.2, 0.25) is 0 Å². The van der Waals surface area contributed by atoms with E-state index in [1.54, 1.807) is 0 Å². The summed E-state index contributed by atoms with van der Waals surface area (Å²) >= 11 is 0. The fraction of sp³-hybridized carbons (Fsp3) is 1.00. The van der Waals surface area contributed by atoms with Gasteiger partial charge in [-0.2, -0.15) is 0 Å². The molecule has 0 unspecified atom stereocenters. The molecule has 0 heterocycles. The van der Waals surface area contributed by atoms with Crippen LogP contribution in [0.1, 0.15) is 25.7 Å². The van der Waals surface area contributed by atoms with Gasteiger partial charge in [-0.1, -0.05) is 0 Å². The third-order valence-corrected chi connectivity index (χ3v) is 2.24. The van der Waals surface area contributed by atoms with Crippen LogP contribution in [0.5, 0.6) is 0 Å². The van der Waals surface area contributed by atoms with Gasteiger partial charge in [0.15, 0.2) is 0 Å². The zero-order chi connectivity index (χ0) is 8.48. The Hall–Kier alpha value is -0.160. The summed E-state index contributed by atoms with van der Waals surface area (Å²) in [5.41, 5.74) is 0. The van der Waals surface area contributed by atoms with Gasteiger partial charge in [0.05, 0.1) is 6.10 Å². The van der Waals surface area contributed by atoms with Crippen molar-refractivity contribution in [1.29, 1.82) is 0 Å². The molecule has 0 spiro atoms. The maximum atomic E-state index is 9.05. The van der Waals surface area contributed by atoms with Crippen molar-refractivity contribution < 1.29 is 20.4 Å². The van der Waals surface area contributed by atoms with Gasteiger partial charge in [0.25, 0.3) is 5.97 Å². The molecule has 0 amide bonds. The van der Waals surface area contributed by atoms with Gasteiger partial charge in [-0.05, 0) is 25.7 Å². The van der Waals surface area contributed by atoms with Crippen molar-refractivity contribution in [3.8, 4) is 0 Å². The SMILES string of the molecule is OC1CCC(C(O)(O)O)CC1. The summed E-state index contributed by atoms with van der Waals surface area (Å²) in [6.45, 7) is 0. The van der Waals surface area contributed by atoms with Crippen molar-refractivity contribution in [2.24, 2.45) is 5.92 Å². The summed E-state index contributed by atoms with van der Waals surface area (Å²) in [7, 11) is 0. The molecule has 1 rings (SSSR count). The highest BCUT2D eigenvalue weighted by atomic mass is 16.7. The van der Waals surface area contributed by atoms with E-state index in [9.17, 15) is 0 Å². The summed E-state index contributed by atoms with van der Waals surface area (Å²) in [4.78, 5) is 0. The lowest BCUT2D eigenvalue weighted by atomic mass is 9.86. The standard InChI is InChI=1S/C7H14O4/c8-6-3-1-5(2-4-6)7(9,10)11/h5-6,8-11H,1-4H2. The largest absolute Gasteiger partial charge is 0.393 e. The second-order valence-electron chi connectivity index (χ2n) is 3.19. The lowest BCUT2D eigenvalue weighted by Crippen LogP contribution is -2.40. The number of hydrogen-bond acceptors (Lipinski definition) is 4. The normalized spacial score (nSPS) is 33.8. The van der Waals surface area contributed by atoms with Crippen LogP contribution in [0, 0.1) is 5.92 Å². The smallest absolute Gasteiger partial charge is 0.278 e. The van der Waals surface area contributed by atoms with Crippen molar-refractivity contribution >= 4 is 0 Å². The van der Waals surface area contributed by atoms with Crippen molar-refractivity contribution in [2.45, 2.75) is 37.8 Å². The van der Waals surface area contributed by atoms with E-state index >= 15 is 0 Å². The fourth-order valence-electron chi connectivity index (χ4n) is 1.46. The molecule has 0 aromatic carbocycles. The van der Waals surface area contributed by atoms with Crippen LogP contribution in [0.3, 0.4) is 0 Å². The number of rotatable bonds is 1. The van der Waals surface area contributed by atoms with Crippen LogP contribution in [0.2, 0.25) is 0 Å². The Morgan fingerprint density at radius 2 is 1.36 bits per heavy atom. The lowest BCUT2D eigenvalue weighted by molar-refractivity contribution is -0.346. The van der Waals surface area contributed by atoms with Crippen molar-refractivity contribution in [3.63, 3.8) is 0 Å². The molecular formula is C7H14O4. The van der Waals surface area contributed by atoms with E-state index in [0.29, 0.717) is 25.7 Å². The number of aliphatic hydroxyl groups excluding tert-OH is 1. The van der Waals surface area contributed by atoms with Crippen LogP contribution >= 0.6 is 0 Å². The molecule has 4 N–H and O–H groups in total. The first-order chi connectivity index (χ1) is 5.00. The van der Waals surface area contributed by atoms with Gasteiger partial charge < -0.3 is 20.4 Å². The molecule has 1 saturated carbocycles. The van der Waals surface area contributed by atoms with Crippen molar-refractivity contribution in [3.05, 3.63) is 0 Å². The van der Waals surface area contributed by atoms with Crippen LogP contribution in [-0.4, -0.2) is 32.5 Å². The average molecular weight is 162 g/mol. The molecular weight excluding hydrogens is 148 g/mol. The Morgan fingerprint density at radius 3 is 1.73 bits per heavy atom. The second-order valence-corrected chi connectivity index (χ2v) is 3.19. The van der Waals surface area contributed by atoms with E-state index in [1.165, 1.54) is 0 Å². The molecule has 66 valence electrons. The average Bonchev–Trinajstić information content (AvgIpc) is 1.86. The fourth-order valence-corrected chi connectivity index (χ4v) is 1.46. The first-order valence-electron chi connectivity index (χ1n) is 3.85. The van der Waals surface area contributed by atoms with E-state index in [-0.39, 0.29) is 6.10 Å². The third-order valence-electron chi connectivity index (χ3n) is 2.24. The zero-order valence-corrected chi connectivity index (χ0v) is 6.27. The first-order valence-corrected chi connectivity index (χ1v) is 3.85. The number of aliphatic hydroxyl groups is 4. The molecule has 0 bridgehead atoms. The predicted octanol–water partition coefficient (Wildman–Crippen LogP) is -0.832. The van der Waals surface area contributed by atoms with E-state index in [1.807, 2.05) is 0 Å². The highest BCUT2D eigenvalue weighted by Gasteiger charge is 2.34. The molecule has 11 heavy (non-hydrogen) atoms. The summed E-state index contributed by atoms with van der Waals surface area (Å²) in [6.07, 6.45) is 1.66. The molecule has 0 saturated heterocycles. The molecule has 4 heteroatoms.